The van der Waals surface area contributed by atoms with Crippen LogP contribution in [0.5, 0.6) is 11.5 Å². The molecule has 0 amide bonds. The van der Waals surface area contributed by atoms with Crippen LogP contribution in [0.2, 0.25) is 0 Å². The number of rotatable bonds is 1. The maximum Gasteiger partial charge on any atom is 0.306 e. The first-order chi connectivity index (χ1) is 7.84. The summed E-state index contributed by atoms with van der Waals surface area (Å²) in [5, 5.41) is 0. The number of hydrogen-bond donors (Lipinski definition) is 0. The fourth-order valence-corrected chi connectivity index (χ4v) is 1.74. The smallest absolute Gasteiger partial charge is 0.306 e. The third-order valence-corrected chi connectivity index (χ3v) is 2.95. The van der Waals surface area contributed by atoms with Gasteiger partial charge in [0.1, 0.15) is 0 Å². The maximum atomic E-state index is 11.2. The van der Waals surface area contributed by atoms with E-state index in [1.807, 2.05) is 32.0 Å². The van der Waals surface area contributed by atoms with Gasteiger partial charge in [-0.2, -0.15) is 0 Å². The van der Waals surface area contributed by atoms with Crippen LogP contribution < -0.4 is 9.47 Å². The van der Waals surface area contributed by atoms with Gasteiger partial charge in [0.05, 0.1) is 0 Å². The normalized spacial score (nSPS) is 25.2. The van der Waals surface area contributed by atoms with Crippen molar-refractivity contribution in [3.05, 3.63) is 24.3 Å². The fraction of sp³-hybridized carbons (Fsp3) is 0.462. The predicted octanol–water partition coefficient (Wildman–Crippen LogP) is 2.52. The van der Waals surface area contributed by atoms with Gasteiger partial charge in [-0.3, -0.25) is 4.79 Å². The molecule has 1 aliphatic heterocycles. The minimum Gasteiger partial charge on any atom is -0.476 e. The summed E-state index contributed by atoms with van der Waals surface area (Å²) in [4.78, 5) is 11.2. The SMILES string of the molecule is CC(=O)OC1(C)Oc2ccccc2OC1(C)C. The number of hydrogen-bond acceptors (Lipinski definition) is 4. The summed E-state index contributed by atoms with van der Waals surface area (Å²) in [5.74, 6) is -0.297. The third kappa shape index (κ3) is 1.95. The zero-order chi connectivity index (χ0) is 12.7. The standard InChI is InChI=1S/C13H16O4/c1-9(14)15-13(4)12(2,3)16-10-7-5-6-8-11(10)17-13/h5-8H,1-4H3. The average Bonchev–Trinajstić information content (AvgIpc) is 2.17. The molecular formula is C13H16O4. The lowest BCUT2D eigenvalue weighted by molar-refractivity contribution is -0.255. The first-order valence-electron chi connectivity index (χ1n) is 5.51. The van der Waals surface area contributed by atoms with Crippen molar-refractivity contribution in [2.75, 3.05) is 0 Å². The van der Waals surface area contributed by atoms with Gasteiger partial charge in [-0.25, -0.2) is 0 Å². The van der Waals surface area contributed by atoms with Crippen LogP contribution in [0.1, 0.15) is 27.7 Å². The van der Waals surface area contributed by atoms with Gasteiger partial charge < -0.3 is 14.2 Å². The molecule has 4 heteroatoms. The molecule has 0 bridgehead atoms. The molecule has 0 radical (unpaired) electrons. The topological polar surface area (TPSA) is 44.8 Å². The predicted molar refractivity (Wildman–Crippen MR) is 61.9 cm³/mol. The molecule has 0 spiro atoms. The van der Waals surface area contributed by atoms with Gasteiger partial charge in [0, 0.05) is 13.8 Å². The van der Waals surface area contributed by atoms with Crippen LogP contribution in [0.4, 0.5) is 0 Å². The zero-order valence-electron chi connectivity index (χ0n) is 10.4. The molecule has 0 N–H and O–H groups in total. The van der Waals surface area contributed by atoms with Crippen molar-refractivity contribution in [3.8, 4) is 11.5 Å². The van der Waals surface area contributed by atoms with E-state index in [0.29, 0.717) is 11.5 Å². The molecule has 1 atom stereocenters. The quantitative estimate of drug-likeness (QED) is 0.703. The Hall–Kier alpha value is -1.71. The molecule has 0 fully saturated rings. The summed E-state index contributed by atoms with van der Waals surface area (Å²) in [6.07, 6.45) is 0. The van der Waals surface area contributed by atoms with Crippen molar-refractivity contribution in [1.82, 2.24) is 0 Å². The molecule has 92 valence electrons. The van der Waals surface area contributed by atoms with Gasteiger partial charge in [-0.1, -0.05) is 12.1 Å². The van der Waals surface area contributed by atoms with Crippen LogP contribution >= 0.6 is 0 Å². The second-order valence-corrected chi connectivity index (χ2v) is 4.70. The number of benzene rings is 1. The largest absolute Gasteiger partial charge is 0.476 e. The molecule has 1 aliphatic rings. The lowest BCUT2D eigenvalue weighted by atomic mass is 9.97. The van der Waals surface area contributed by atoms with Crippen LogP contribution in [0, 0.1) is 0 Å². The molecule has 1 unspecified atom stereocenters. The van der Waals surface area contributed by atoms with Gasteiger partial charge in [-0.05, 0) is 26.0 Å². The molecule has 17 heavy (non-hydrogen) atoms. The summed E-state index contributed by atoms with van der Waals surface area (Å²) >= 11 is 0. The Morgan fingerprint density at radius 3 is 2.18 bits per heavy atom. The van der Waals surface area contributed by atoms with E-state index in [2.05, 4.69) is 0 Å². The van der Waals surface area contributed by atoms with Crippen molar-refractivity contribution >= 4 is 5.97 Å². The van der Waals surface area contributed by atoms with Crippen molar-refractivity contribution in [2.45, 2.75) is 39.1 Å². The highest BCUT2D eigenvalue weighted by atomic mass is 16.8. The van der Waals surface area contributed by atoms with Gasteiger partial charge in [0.15, 0.2) is 17.1 Å². The molecule has 4 nitrogen and oxygen atoms in total. The summed E-state index contributed by atoms with van der Waals surface area (Å²) in [6.45, 7) is 6.70. The maximum absolute atomic E-state index is 11.2. The number of fused-ring (bicyclic) bond motifs is 1. The average molecular weight is 236 g/mol. The molecule has 2 rings (SSSR count). The Morgan fingerprint density at radius 2 is 1.65 bits per heavy atom. The van der Waals surface area contributed by atoms with Crippen molar-refractivity contribution < 1.29 is 19.0 Å². The third-order valence-electron chi connectivity index (χ3n) is 2.95. The molecule has 0 saturated carbocycles. The van der Waals surface area contributed by atoms with E-state index < -0.39 is 17.4 Å². The number of carbonyl (C=O) groups excluding carboxylic acids is 1. The second-order valence-electron chi connectivity index (χ2n) is 4.70. The van der Waals surface area contributed by atoms with Gasteiger partial charge in [0.2, 0.25) is 0 Å². The molecule has 0 aliphatic carbocycles. The van der Waals surface area contributed by atoms with Crippen LogP contribution in [0.3, 0.4) is 0 Å². The van der Waals surface area contributed by atoms with Crippen LogP contribution in [0.15, 0.2) is 24.3 Å². The zero-order valence-corrected chi connectivity index (χ0v) is 10.4. The van der Waals surface area contributed by atoms with Gasteiger partial charge >= 0.3 is 5.97 Å². The van der Waals surface area contributed by atoms with E-state index in [-0.39, 0.29) is 0 Å². The van der Waals surface area contributed by atoms with Crippen molar-refractivity contribution in [1.29, 1.82) is 0 Å². The Labute approximate surface area is 100 Å². The fourth-order valence-electron chi connectivity index (χ4n) is 1.74. The number of ether oxygens (including phenoxy) is 3. The van der Waals surface area contributed by atoms with E-state index in [9.17, 15) is 4.79 Å². The van der Waals surface area contributed by atoms with Crippen LogP contribution in [0.25, 0.3) is 0 Å². The second kappa shape index (κ2) is 3.65. The molecule has 0 saturated heterocycles. The lowest BCUT2D eigenvalue weighted by Crippen LogP contribution is -2.60. The van der Waals surface area contributed by atoms with Crippen molar-refractivity contribution in [3.63, 3.8) is 0 Å². The summed E-state index contributed by atoms with van der Waals surface area (Å²) in [6, 6.07) is 7.32. The summed E-state index contributed by atoms with van der Waals surface area (Å²) < 4.78 is 16.9. The van der Waals surface area contributed by atoms with E-state index in [0.717, 1.165) is 0 Å². The number of carbonyl (C=O) groups is 1. The molecule has 1 heterocycles. The van der Waals surface area contributed by atoms with Gasteiger partial charge in [-0.15, -0.1) is 0 Å². The Bertz CT molecular complexity index is 452. The number of para-hydroxylation sites is 2. The lowest BCUT2D eigenvalue weighted by Gasteiger charge is -2.45. The highest BCUT2D eigenvalue weighted by Crippen LogP contribution is 2.43. The highest BCUT2D eigenvalue weighted by Gasteiger charge is 2.52. The summed E-state index contributed by atoms with van der Waals surface area (Å²) in [7, 11) is 0. The van der Waals surface area contributed by atoms with Crippen molar-refractivity contribution in [2.24, 2.45) is 0 Å². The van der Waals surface area contributed by atoms with Gasteiger partial charge in [0.25, 0.3) is 5.79 Å². The molecule has 1 aromatic carbocycles. The van der Waals surface area contributed by atoms with E-state index in [1.165, 1.54) is 6.92 Å². The first-order valence-corrected chi connectivity index (χ1v) is 5.51. The van der Waals surface area contributed by atoms with E-state index in [1.54, 1.807) is 13.0 Å². The molecule has 1 aromatic rings. The Morgan fingerprint density at radius 1 is 1.12 bits per heavy atom. The highest BCUT2D eigenvalue weighted by molar-refractivity contribution is 5.66. The molecular weight excluding hydrogens is 220 g/mol. The minimum absolute atomic E-state index is 0.399. The van der Waals surface area contributed by atoms with Crippen LogP contribution in [-0.2, 0) is 9.53 Å². The molecule has 0 aromatic heterocycles. The van der Waals surface area contributed by atoms with Crippen LogP contribution in [-0.4, -0.2) is 17.4 Å². The Balaban J connectivity index is 2.40. The van der Waals surface area contributed by atoms with E-state index in [4.69, 9.17) is 14.2 Å². The monoisotopic (exact) mass is 236 g/mol. The first kappa shape index (κ1) is 11.8. The van der Waals surface area contributed by atoms with E-state index >= 15 is 0 Å². The minimum atomic E-state index is -1.13. The summed E-state index contributed by atoms with van der Waals surface area (Å²) in [5.41, 5.74) is -0.757. The Kier molecular flexibility index (Phi) is 2.53. The number of esters is 1.